The number of amides is 4. The van der Waals surface area contributed by atoms with Gasteiger partial charge < -0.3 is 43.0 Å². The number of hydrogen-bond donors (Lipinski definition) is 1. The number of likely N-dealkylation sites (tertiary alicyclic amines) is 2. The monoisotopic (exact) mass is 912 g/mol. The number of nitrogens with zero attached hydrogens (tertiary/aromatic N) is 2. The maximum Gasteiger partial charge on any atom is 0.236 e. The van der Waals surface area contributed by atoms with Crippen LogP contribution in [0, 0.1) is 35.0 Å². The van der Waals surface area contributed by atoms with E-state index >= 15 is 0 Å². The van der Waals surface area contributed by atoms with Crippen molar-refractivity contribution in [2.75, 3.05) is 59.8 Å². The van der Waals surface area contributed by atoms with Gasteiger partial charge in [-0.2, -0.15) is 0 Å². The van der Waals surface area contributed by atoms with Crippen molar-refractivity contribution < 1.29 is 62.2 Å². The number of aliphatic hydroxyl groups is 1. The molecule has 0 saturated carbocycles. The van der Waals surface area contributed by atoms with E-state index in [1.54, 1.807) is 7.11 Å². The molecule has 7 aliphatic heterocycles. The van der Waals surface area contributed by atoms with Gasteiger partial charge in [0.2, 0.25) is 23.6 Å². The molecule has 9 rings (SSSR count). The van der Waals surface area contributed by atoms with E-state index in [2.05, 4.69) is 20.8 Å². The normalized spacial score (nSPS) is 31.8. The summed E-state index contributed by atoms with van der Waals surface area (Å²) in [6.07, 6.45) is 6.49. The lowest BCUT2D eigenvalue weighted by molar-refractivity contribution is -0.149. The summed E-state index contributed by atoms with van der Waals surface area (Å²) < 4.78 is 46.4. The summed E-state index contributed by atoms with van der Waals surface area (Å²) in [5, 5.41) is 10.8. The highest BCUT2D eigenvalue weighted by Gasteiger charge is 2.69. The molecule has 4 bridgehead atoms. The molecule has 356 valence electrons. The first-order valence-electron chi connectivity index (χ1n) is 23.4. The summed E-state index contributed by atoms with van der Waals surface area (Å²) in [6.45, 7) is 14.0. The van der Waals surface area contributed by atoms with Crippen molar-refractivity contribution >= 4 is 23.6 Å². The molecule has 15 heteroatoms. The second-order valence-electron chi connectivity index (χ2n) is 20.7. The Bertz CT molecular complexity index is 2220. The first-order chi connectivity index (χ1) is 31.4. The predicted octanol–water partition coefficient (Wildman–Crippen LogP) is 4.62. The van der Waals surface area contributed by atoms with Crippen LogP contribution >= 0.6 is 0 Å². The minimum Gasteiger partial charge on any atom is -0.491 e. The molecule has 0 radical (unpaired) electrons. The molecule has 5 fully saturated rings. The van der Waals surface area contributed by atoms with Gasteiger partial charge in [0.05, 0.1) is 68.9 Å². The van der Waals surface area contributed by atoms with Gasteiger partial charge in [0.25, 0.3) is 0 Å². The smallest absolute Gasteiger partial charge is 0.236 e. The number of hydrogen-bond acceptors (Lipinski definition) is 13. The minimum atomic E-state index is -1.11. The third-order valence-corrected chi connectivity index (χ3v) is 14.7. The van der Waals surface area contributed by atoms with E-state index in [1.165, 1.54) is 9.80 Å². The van der Waals surface area contributed by atoms with Crippen LogP contribution in [0.2, 0.25) is 0 Å². The van der Waals surface area contributed by atoms with Gasteiger partial charge in [-0.15, -0.1) is 0 Å². The molecule has 2 aromatic rings. The van der Waals surface area contributed by atoms with Gasteiger partial charge in [0.15, 0.2) is 6.29 Å². The van der Waals surface area contributed by atoms with Crippen LogP contribution in [0.1, 0.15) is 65.5 Å². The highest BCUT2D eigenvalue weighted by molar-refractivity contribution is 6.08. The van der Waals surface area contributed by atoms with Gasteiger partial charge in [0, 0.05) is 25.6 Å². The van der Waals surface area contributed by atoms with E-state index in [1.807, 2.05) is 93.6 Å². The number of rotatable bonds is 23. The Hall–Kier alpha value is -4.48. The molecule has 1 N–H and O–H groups in total. The summed E-state index contributed by atoms with van der Waals surface area (Å²) >= 11 is 0. The fourth-order valence-electron chi connectivity index (χ4n) is 11.2. The Morgan fingerprint density at radius 3 is 1.88 bits per heavy atom. The molecule has 5 saturated heterocycles. The van der Waals surface area contributed by atoms with Crippen molar-refractivity contribution in [3.63, 3.8) is 0 Å². The Morgan fingerprint density at radius 2 is 1.30 bits per heavy atom. The number of aliphatic hydroxyl groups excluding tert-OH is 1. The number of epoxide rings is 1. The number of fused-ring (bicyclic) bond motifs is 10. The quantitative estimate of drug-likeness (QED) is 0.0710. The molecule has 7 aliphatic rings. The number of methoxy groups -OCH3 is 1. The summed E-state index contributed by atoms with van der Waals surface area (Å²) in [5.41, 5.74) is -0.574. The van der Waals surface area contributed by atoms with Gasteiger partial charge in [-0.1, -0.05) is 83.2 Å². The zero-order valence-electron chi connectivity index (χ0n) is 39.0. The topological polar surface area (TPSA) is 172 Å². The molecule has 12 atom stereocenters. The van der Waals surface area contributed by atoms with Crippen LogP contribution in [0.3, 0.4) is 0 Å². The number of imide groups is 2. The Kier molecular flexibility index (Phi) is 12.6. The molecule has 15 nitrogen and oxygen atoms in total. The lowest BCUT2D eigenvalue weighted by Gasteiger charge is -2.34. The molecule has 66 heavy (non-hydrogen) atoms. The zero-order valence-corrected chi connectivity index (χ0v) is 39.0. The third kappa shape index (κ3) is 8.76. The summed E-state index contributed by atoms with van der Waals surface area (Å²) in [4.78, 5) is 58.2. The van der Waals surface area contributed by atoms with E-state index in [-0.39, 0.29) is 86.9 Å². The second kappa shape index (κ2) is 17.9. The predicted molar refractivity (Wildman–Crippen MR) is 238 cm³/mol. The van der Waals surface area contributed by atoms with Crippen molar-refractivity contribution in [3.8, 4) is 11.5 Å². The number of ether oxygens (including phenoxy) is 8. The molecule has 0 spiro atoms. The second-order valence-corrected chi connectivity index (χ2v) is 20.7. The van der Waals surface area contributed by atoms with Crippen LogP contribution in [-0.2, 0) is 53.0 Å². The van der Waals surface area contributed by atoms with Gasteiger partial charge >= 0.3 is 0 Å². The maximum absolute atomic E-state index is 14.1. The average Bonchev–Trinajstić information content (AvgIpc) is 3.58. The standard InChI is InChI=1S/C51H64N2O13/c1-30(18-21-52-44(55)40-38-16-20-51(65-38,42(40)46(52)57)29-61-25-37-26-63-37)22-48(3,4)27-53-45(56)41-39-17-19-50(66-39,43(41)47(53)58)28-60-23-34(54)24-62-35-12-8-32(9-13-35)49(5,6)33-10-14-36(15-11-33)64-31(2)59-7/h8-17,19-20,30-31,34,37-43,54H,18,21-29H2,1-7H3. The van der Waals surface area contributed by atoms with Crippen molar-refractivity contribution in [1.82, 2.24) is 9.80 Å². The third-order valence-electron chi connectivity index (χ3n) is 14.7. The van der Waals surface area contributed by atoms with Crippen LogP contribution in [0.25, 0.3) is 0 Å². The highest BCUT2D eigenvalue weighted by atomic mass is 16.7. The molecular formula is C51H64N2O13. The fraction of sp³-hybridized carbons (Fsp3) is 0.608. The summed E-state index contributed by atoms with van der Waals surface area (Å²) in [5.74, 6) is -2.05. The number of benzene rings is 2. The molecule has 4 amide bonds. The van der Waals surface area contributed by atoms with E-state index in [4.69, 9.17) is 37.9 Å². The largest absolute Gasteiger partial charge is 0.491 e. The van der Waals surface area contributed by atoms with Crippen LogP contribution < -0.4 is 9.47 Å². The first kappa shape index (κ1) is 46.6. The van der Waals surface area contributed by atoms with Crippen molar-refractivity contribution in [2.24, 2.45) is 35.0 Å². The fourth-order valence-corrected chi connectivity index (χ4v) is 11.2. The SMILES string of the molecule is COC(C)Oc1ccc(C(C)(C)c2ccc(OCC(O)COCC34C=CC(O3)C3C(=O)N(CC(C)(C)CC(C)CCN5C(=O)C6C7C=CC(COCC8CO8)(O7)C6C5=O)C(=O)C34)cc2)cc1. The zero-order chi connectivity index (χ0) is 46.8. The highest BCUT2D eigenvalue weighted by Crippen LogP contribution is 2.54. The van der Waals surface area contributed by atoms with E-state index in [0.717, 1.165) is 16.9 Å². The molecular weight excluding hydrogens is 849 g/mol. The summed E-state index contributed by atoms with van der Waals surface area (Å²) in [7, 11) is 1.60. The van der Waals surface area contributed by atoms with Crippen LogP contribution in [-0.4, -0.2) is 140 Å². The van der Waals surface area contributed by atoms with E-state index in [0.29, 0.717) is 31.8 Å². The van der Waals surface area contributed by atoms with E-state index in [9.17, 15) is 24.3 Å². The van der Waals surface area contributed by atoms with E-state index < -0.39 is 58.6 Å². The Balaban J connectivity index is 0.729. The van der Waals surface area contributed by atoms with Gasteiger partial charge in [-0.05, 0) is 66.5 Å². The van der Waals surface area contributed by atoms with Crippen molar-refractivity contribution in [1.29, 1.82) is 0 Å². The molecule has 7 heterocycles. The summed E-state index contributed by atoms with van der Waals surface area (Å²) in [6, 6.07) is 15.8. The molecule has 12 unspecified atom stereocenters. The average molecular weight is 913 g/mol. The first-order valence-corrected chi connectivity index (χ1v) is 23.4. The number of carbonyl (C=O) groups is 4. The van der Waals surface area contributed by atoms with Gasteiger partial charge in [-0.25, -0.2) is 0 Å². The molecule has 0 aliphatic carbocycles. The van der Waals surface area contributed by atoms with Crippen LogP contribution in [0.15, 0.2) is 72.8 Å². The van der Waals surface area contributed by atoms with Crippen molar-refractivity contribution in [2.45, 2.75) is 102 Å². The minimum absolute atomic E-state index is 0.00400. The number of carbonyl (C=O) groups excluding carboxylic acids is 4. The Morgan fingerprint density at radius 1 is 0.758 bits per heavy atom. The molecule has 0 aromatic heterocycles. The van der Waals surface area contributed by atoms with Crippen LogP contribution in [0.4, 0.5) is 0 Å². The van der Waals surface area contributed by atoms with Crippen LogP contribution in [0.5, 0.6) is 11.5 Å². The van der Waals surface area contributed by atoms with Gasteiger partial charge in [0.1, 0.15) is 41.5 Å². The van der Waals surface area contributed by atoms with Gasteiger partial charge in [-0.3, -0.25) is 29.0 Å². The molecule has 2 aromatic carbocycles. The lowest BCUT2D eigenvalue weighted by atomic mass is 9.77. The lowest BCUT2D eigenvalue weighted by Crippen LogP contribution is -2.46. The Labute approximate surface area is 386 Å². The maximum atomic E-state index is 14.1. The van der Waals surface area contributed by atoms with Crippen molar-refractivity contribution in [3.05, 3.63) is 84.0 Å².